The van der Waals surface area contributed by atoms with Crippen molar-refractivity contribution < 1.29 is 4.43 Å². The van der Waals surface area contributed by atoms with Gasteiger partial charge in [0.1, 0.15) is 0 Å². The summed E-state index contributed by atoms with van der Waals surface area (Å²) >= 11 is 12.0. The van der Waals surface area contributed by atoms with E-state index in [2.05, 4.69) is 26.6 Å². The number of hydrogen-bond donors (Lipinski definition) is 0. The summed E-state index contributed by atoms with van der Waals surface area (Å²) < 4.78 is 6.23. The van der Waals surface area contributed by atoms with Crippen molar-refractivity contribution in [1.29, 1.82) is 0 Å². The molecule has 0 aromatic carbocycles. The van der Waals surface area contributed by atoms with Crippen LogP contribution in [0.1, 0.15) is 13.3 Å². The second-order valence-corrected chi connectivity index (χ2v) is 20.9. The van der Waals surface area contributed by atoms with E-state index in [1.807, 2.05) is 0 Å². The molecule has 3 atom stereocenters. The van der Waals surface area contributed by atoms with Crippen molar-refractivity contribution in [3.63, 3.8) is 0 Å². The molecule has 0 saturated carbocycles. The molecular formula is C10H22Cl2OSi2. The normalized spacial score (nSPS) is 37.6. The zero-order chi connectivity index (χ0) is 11.7. The molecule has 3 unspecified atom stereocenters. The summed E-state index contributed by atoms with van der Waals surface area (Å²) in [7, 11) is -2.78. The fraction of sp³-hybridized carbons (Fsp3) is 1.00. The lowest BCUT2D eigenvalue weighted by Gasteiger charge is -2.47. The zero-order valence-corrected chi connectivity index (χ0v) is 13.7. The van der Waals surface area contributed by atoms with Crippen LogP contribution in [0.4, 0.5) is 0 Å². The Morgan fingerprint density at radius 1 is 1.40 bits per heavy atom. The van der Waals surface area contributed by atoms with E-state index in [1.54, 1.807) is 0 Å². The van der Waals surface area contributed by atoms with Crippen LogP contribution in [0.3, 0.4) is 0 Å². The summed E-state index contributed by atoms with van der Waals surface area (Å²) in [5.41, 5.74) is 0. The number of halogens is 2. The topological polar surface area (TPSA) is 9.23 Å². The SMILES string of the molecule is CC1CC[Si](C)(CC(Cl)CCl)[Si](C)(C)O1. The Balaban J connectivity index is 2.73. The van der Waals surface area contributed by atoms with E-state index in [0.717, 1.165) is 6.04 Å². The average molecular weight is 285 g/mol. The Labute approximate surface area is 105 Å². The molecule has 0 amide bonds. The van der Waals surface area contributed by atoms with Gasteiger partial charge in [-0.2, -0.15) is 0 Å². The molecule has 0 aromatic heterocycles. The first-order valence-corrected chi connectivity index (χ1v) is 13.5. The number of hydrogen-bond acceptors (Lipinski definition) is 1. The Morgan fingerprint density at radius 2 is 2.00 bits per heavy atom. The summed E-state index contributed by atoms with van der Waals surface area (Å²) in [6, 6.07) is 2.50. The van der Waals surface area contributed by atoms with Crippen LogP contribution in [-0.2, 0) is 4.43 Å². The van der Waals surface area contributed by atoms with E-state index >= 15 is 0 Å². The van der Waals surface area contributed by atoms with Gasteiger partial charge in [-0.1, -0.05) is 12.6 Å². The molecular weight excluding hydrogens is 263 g/mol. The third-order valence-electron chi connectivity index (χ3n) is 3.89. The van der Waals surface area contributed by atoms with Gasteiger partial charge in [0.25, 0.3) is 0 Å². The van der Waals surface area contributed by atoms with E-state index in [0.29, 0.717) is 12.0 Å². The predicted molar refractivity (Wildman–Crippen MR) is 74.2 cm³/mol. The van der Waals surface area contributed by atoms with Gasteiger partial charge >= 0.3 is 0 Å². The highest BCUT2D eigenvalue weighted by Gasteiger charge is 2.50. The fourth-order valence-electron chi connectivity index (χ4n) is 2.42. The summed E-state index contributed by atoms with van der Waals surface area (Å²) in [4.78, 5) is 0. The highest BCUT2D eigenvalue weighted by molar-refractivity contribution is 7.39. The largest absolute Gasteiger partial charge is 0.417 e. The Morgan fingerprint density at radius 3 is 2.47 bits per heavy atom. The van der Waals surface area contributed by atoms with Crippen LogP contribution in [0, 0.1) is 0 Å². The lowest BCUT2D eigenvalue weighted by atomic mass is 10.3. The molecule has 1 nitrogen and oxygen atoms in total. The van der Waals surface area contributed by atoms with Gasteiger partial charge in [0.2, 0.25) is 0 Å². The predicted octanol–water partition coefficient (Wildman–Crippen LogP) is 4.00. The second kappa shape index (κ2) is 5.09. The van der Waals surface area contributed by atoms with Crippen molar-refractivity contribution in [3.05, 3.63) is 0 Å². The molecule has 1 rings (SSSR count). The minimum absolute atomic E-state index is 0.145. The van der Waals surface area contributed by atoms with Gasteiger partial charge in [0.15, 0.2) is 7.83 Å². The third kappa shape index (κ3) is 3.22. The van der Waals surface area contributed by atoms with Crippen molar-refractivity contribution in [2.45, 2.75) is 56.6 Å². The minimum Gasteiger partial charge on any atom is -0.417 e. The van der Waals surface area contributed by atoms with Crippen LogP contribution in [0.5, 0.6) is 0 Å². The maximum absolute atomic E-state index is 6.23. The molecule has 5 heteroatoms. The van der Waals surface area contributed by atoms with Crippen LogP contribution in [0.15, 0.2) is 0 Å². The first-order valence-electron chi connectivity index (χ1n) is 5.68. The molecule has 1 fully saturated rings. The summed E-state index contributed by atoms with van der Waals surface area (Å²) in [5.74, 6) is 0.574. The third-order valence-corrected chi connectivity index (χ3v) is 22.1. The fourth-order valence-corrected chi connectivity index (χ4v) is 14.9. The molecule has 0 bridgehead atoms. The lowest BCUT2D eigenvalue weighted by Crippen LogP contribution is -2.64. The second-order valence-electron chi connectivity index (χ2n) is 5.49. The van der Waals surface area contributed by atoms with Crippen molar-refractivity contribution in [2.75, 3.05) is 5.88 Å². The van der Waals surface area contributed by atoms with Gasteiger partial charge in [-0.3, -0.25) is 0 Å². The van der Waals surface area contributed by atoms with Gasteiger partial charge < -0.3 is 4.43 Å². The zero-order valence-electron chi connectivity index (χ0n) is 10.1. The molecule has 0 aliphatic carbocycles. The van der Waals surface area contributed by atoms with Crippen molar-refractivity contribution in [1.82, 2.24) is 0 Å². The molecule has 0 radical (unpaired) electrons. The lowest BCUT2D eigenvalue weighted by molar-refractivity contribution is 0.205. The number of rotatable bonds is 3. The van der Waals surface area contributed by atoms with Gasteiger partial charge in [0.05, 0.1) is 7.59 Å². The number of alkyl halides is 2. The van der Waals surface area contributed by atoms with E-state index in [1.165, 1.54) is 12.5 Å². The molecule has 0 spiro atoms. The van der Waals surface area contributed by atoms with E-state index < -0.39 is 15.4 Å². The Hall–Kier alpha value is 0.974. The highest BCUT2D eigenvalue weighted by Crippen LogP contribution is 2.38. The van der Waals surface area contributed by atoms with Crippen LogP contribution >= 0.6 is 23.2 Å². The van der Waals surface area contributed by atoms with Crippen LogP contribution in [0.2, 0.25) is 31.7 Å². The highest BCUT2D eigenvalue weighted by atomic mass is 35.5. The Kier molecular flexibility index (Phi) is 4.76. The monoisotopic (exact) mass is 284 g/mol. The molecule has 0 N–H and O–H groups in total. The van der Waals surface area contributed by atoms with Gasteiger partial charge in [-0.15, -0.1) is 23.2 Å². The standard InChI is InChI=1S/C10H22Cl2OSi2/c1-9-5-6-15(4,8-10(12)7-11)14(2,3)13-9/h9-10H,5-8H2,1-4H3. The maximum atomic E-state index is 6.23. The maximum Gasteiger partial charge on any atom is 0.174 e. The van der Waals surface area contributed by atoms with Crippen LogP contribution < -0.4 is 0 Å². The van der Waals surface area contributed by atoms with Crippen molar-refractivity contribution in [2.24, 2.45) is 0 Å². The summed E-state index contributed by atoms with van der Waals surface area (Å²) in [6.07, 6.45) is 1.67. The summed E-state index contributed by atoms with van der Waals surface area (Å²) in [6.45, 7) is 9.40. The van der Waals surface area contributed by atoms with Gasteiger partial charge in [-0.05, 0) is 32.5 Å². The quantitative estimate of drug-likeness (QED) is 0.562. The molecule has 1 saturated heterocycles. The average Bonchev–Trinajstić information content (AvgIpc) is 2.12. The first-order chi connectivity index (χ1) is 6.81. The van der Waals surface area contributed by atoms with Gasteiger partial charge in [-0.25, -0.2) is 0 Å². The molecule has 1 heterocycles. The van der Waals surface area contributed by atoms with Crippen LogP contribution in [-0.4, -0.2) is 32.8 Å². The van der Waals surface area contributed by atoms with Crippen molar-refractivity contribution >= 4 is 38.6 Å². The van der Waals surface area contributed by atoms with E-state index in [9.17, 15) is 0 Å². The smallest absolute Gasteiger partial charge is 0.174 e. The first kappa shape index (κ1) is 14.0. The molecule has 15 heavy (non-hydrogen) atoms. The van der Waals surface area contributed by atoms with Crippen molar-refractivity contribution in [3.8, 4) is 0 Å². The van der Waals surface area contributed by atoms with Crippen LogP contribution in [0.25, 0.3) is 0 Å². The molecule has 0 aromatic rings. The Bertz CT molecular complexity index is 225. The molecule has 1 aliphatic heterocycles. The van der Waals surface area contributed by atoms with E-state index in [4.69, 9.17) is 27.6 Å². The molecule has 90 valence electrons. The molecule has 1 aliphatic rings. The van der Waals surface area contributed by atoms with E-state index in [-0.39, 0.29) is 5.38 Å². The minimum atomic E-state index is -1.49. The summed E-state index contributed by atoms with van der Waals surface area (Å²) in [5, 5.41) is 0.145. The van der Waals surface area contributed by atoms with Gasteiger partial charge in [0, 0.05) is 17.4 Å².